The van der Waals surface area contributed by atoms with E-state index in [1.54, 1.807) is 0 Å². The van der Waals surface area contributed by atoms with Crippen LogP contribution in [-0.4, -0.2) is 71.5 Å². The quantitative estimate of drug-likeness (QED) is 0.116. The van der Waals surface area contributed by atoms with Gasteiger partial charge in [-0.3, -0.25) is 33.7 Å². The van der Waals surface area contributed by atoms with Crippen molar-refractivity contribution in [3.8, 4) is 0 Å². The maximum absolute atomic E-state index is 12.9. The number of rotatable bonds is 17. The first-order chi connectivity index (χ1) is 21.1. The lowest BCUT2D eigenvalue weighted by molar-refractivity contribution is -0.159. The van der Waals surface area contributed by atoms with Gasteiger partial charge in [-0.25, -0.2) is 0 Å². The number of esters is 2. The van der Waals surface area contributed by atoms with Crippen LogP contribution in [-0.2, 0) is 44.8 Å². The monoisotopic (exact) mass is 630 g/mol. The van der Waals surface area contributed by atoms with Crippen molar-refractivity contribution >= 4 is 47.2 Å². The lowest BCUT2D eigenvalue weighted by atomic mass is 9.78. The van der Waals surface area contributed by atoms with Gasteiger partial charge in [0.1, 0.15) is 12.0 Å². The van der Waals surface area contributed by atoms with Crippen molar-refractivity contribution in [1.82, 2.24) is 10.2 Å². The Morgan fingerprint density at radius 3 is 2.36 bits per heavy atom. The number of carbonyl (C=O) groups excluding carboxylic acids is 6. The fourth-order valence-electron chi connectivity index (χ4n) is 5.59. The van der Waals surface area contributed by atoms with E-state index < -0.39 is 16.6 Å². The number of nitrogens with one attached hydrogen (secondary N) is 1. The van der Waals surface area contributed by atoms with Gasteiger partial charge in [0.05, 0.1) is 24.2 Å². The van der Waals surface area contributed by atoms with Crippen molar-refractivity contribution in [2.24, 2.45) is 17.3 Å². The first-order valence-electron chi connectivity index (χ1n) is 15.6. The summed E-state index contributed by atoms with van der Waals surface area (Å²) in [5, 5.41) is 2.51. The summed E-state index contributed by atoms with van der Waals surface area (Å²) in [6, 6.07) is 9.18. The van der Waals surface area contributed by atoms with Gasteiger partial charge in [0, 0.05) is 25.9 Å². The van der Waals surface area contributed by atoms with Crippen LogP contribution >= 0.6 is 11.8 Å². The number of hydrogen-bond donors (Lipinski definition) is 1. The summed E-state index contributed by atoms with van der Waals surface area (Å²) >= 11 is 1.46. The van der Waals surface area contributed by atoms with Crippen LogP contribution < -0.4 is 5.32 Å². The second kappa shape index (κ2) is 17.3. The zero-order valence-electron chi connectivity index (χ0n) is 26.1. The van der Waals surface area contributed by atoms with Gasteiger partial charge in [-0.2, -0.15) is 0 Å². The van der Waals surface area contributed by atoms with Gasteiger partial charge < -0.3 is 14.8 Å². The van der Waals surface area contributed by atoms with Gasteiger partial charge >= 0.3 is 11.9 Å². The fraction of sp³-hybridized carbons (Fsp3) is 0.636. The molecular weight excluding hydrogens is 584 g/mol. The minimum atomic E-state index is -1.39. The van der Waals surface area contributed by atoms with Crippen LogP contribution in [0.25, 0.3) is 0 Å². The molecule has 1 aliphatic carbocycles. The van der Waals surface area contributed by atoms with Crippen LogP contribution in [0.5, 0.6) is 0 Å². The Morgan fingerprint density at radius 1 is 0.977 bits per heavy atom. The van der Waals surface area contributed by atoms with Gasteiger partial charge in [-0.1, -0.05) is 56.0 Å². The molecule has 1 saturated heterocycles. The number of amides is 3. The predicted molar refractivity (Wildman–Crippen MR) is 166 cm³/mol. The maximum Gasteiger partial charge on any atom is 0.319 e. The number of nitrogens with zero attached hydrogens (tertiary/aromatic N) is 1. The Hall–Kier alpha value is -3.21. The summed E-state index contributed by atoms with van der Waals surface area (Å²) in [7, 11) is 1.36. The number of benzene rings is 1. The highest BCUT2D eigenvalue weighted by atomic mass is 32.2. The molecule has 1 unspecified atom stereocenters. The third-order valence-corrected chi connectivity index (χ3v) is 9.78. The average Bonchev–Trinajstić information content (AvgIpc) is 3.30. The van der Waals surface area contributed by atoms with Crippen molar-refractivity contribution in [2.45, 2.75) is 89.9 Å². The van der Waals surface area contributed by atoms with Crippen molar-refractivity contribution in [3.05, 3.63) is 35.9 Å². The number of ketones is 1. The van der Waals surface area contributed by atoms with Crippen LogP contribution in [0.15, 0.2) is 30.3 Å². The molecule has 242 valence electrons. The molecule has 2 aliphatic rings. The fourth-order valence-corrected chi connectivity index (χ4v) is 6.77. The number of unbranched alkanes of at least 4 members (excludes halogenated alkanes) is 3. The van der Waals surface area contributed by atoms with Crippen molar-refractivity contribution in [2.75, 3.05) is 26.0 Å². The third kappa shape index (κ3) is 9.90. The number of thioether (sulfide) groups is 1. The summed E-state index contributed by atoms with van der Waals surface area (Å²) in [6.07, 6.45) is 6.83. The largest absolute Gasteiger partial charge is 0.469 e. The molecule has 3 atom stereocenters. The molecular formula is C33H46N2O8S. The summed E-state index contributed by atoms with van der Waals surface area (Å²) in [4.78, 5) is 76.6. The molecule has 11 heteroatoms. The molecule has 2 fully saturated rings. The highest BCUT2D eigenvalue weighted by molar-refractivity contribution is 8.00. The normalized spacial score (nSPS) is 20.3. The van der Waals surface area contributed by atoms with E-state index in [1.165, 1.54) is 32.7 Å². The molecule has 0 aromatic heterocycles. The minimum absolute atomic E-state index is 0.0457. The predicted octanol–water partition coefficient (Wildman–Crippen LogP) is 4.23. The molecule has 1 aliphatic heterocycles. The van der Waals surface area contributed by atoms with Gasteiger partial charge in [0.15, 0.2) is 5.78 Å². The van der Waals surface area contributed by atoms with E-state index in [1.807, 2.05) is 30.3 Å². The van der Waals surface area contributed by atoms with E-state index in [4.69, 9.17) is 9.47 Å². The number of hydrogen-bond acceptors (Lipinski definition) is 9. The number of imide groups is 1. The van der Waals surface area contributed by atoms with Crippen LogP contribution in [0.1, 0.15) is 83.6 Å². The van der Waals surface area contributed by atoms with Gasteiger partial charge in [0.2, 0.25) is 17.7 Å². The number of Topliss-reactive ketones (excluding diaryl/α,β-unsaturated/α-hetero) is 1. The van der Waals surface area contributed by atoms with Gasteiger partial charge in [0.25, 0.3) is 0 Å². The Morgan fingerprint density at radius 2 is 1.66 bits per heavy atom. The van der Waals surface area contributed by atoms with E-state index in [0.717, 1.165) is 54.7 Å². The topological polar surface area (TPSA) is 136 Å². The molecule has 3 rings (SSSR count). The van der Waals surface area contributed by atoms with Crippen molar-refractivity contribution in [1.29, 1.82) is 0 Å². The van der Waals surface area contributed by atoms with Crippen LogP contribution in [0, 0.1) is 17.3 Å². The SMILES string of the molecule is COC(=O)[C@@H]1CCCC[C@@H]1C(=O)NCCCCCCSC1CC(=O)N(CCC(=O)C(C)(C)C(=O)OCc2ccccc2)C1=O. The standard InChI is InChI=1S/C33H46N2O8S/c1-33(2,32(41)43-22-23-13-7-6-8-14-23)27(36)17-19-35-28(37)21-26(30(35)39)44-20-12-5-4-11-18-34-29(38)24-15-9-10-16-25(24)31(40)42-3/h6-8,13-14,24-26H,4-5,9-12,15-22H2,1-3H3,(H,34,38)/t24-,25+,26?/m0/s1. The third-order valence-electron chi connectivity index (χ3n) is 8.48. The molecule has 0 radical (unpaired) electrons. The molecule has 1 aromatic carbocycles. The van der Waals surface area contributed by atoms with Crippen LogP contribution in [0.3, 0.4) is 0 Å². The van der Waals surface area contributed by atoms with E-state index in [9.17, 15) is 28.8 Å². The summed E-state index contributed by atoms with van der Waals surface area (Å²) < 4.78 is 10.2. The molecule has 0 bridgehead atoms. The molecule has 3 amide bonds. The zero-order chi connectivity index (χ0) is 32.1. The number of methoxy groups -OCH3 is 1. The lowest BCUT2D eigenvalue weighted by Crippen LogP contribution is -2.40. The highest BCUT2D eigenvalue weighted by Gasteiger charge is 2.41. The second-order valence-electron chi connectivity index (χ2n) is 12.0. The Balaban J connectivity index is 1.29. The first-order valence-corrected chi connectivity index (χ1v) is 16.7. The lowest BCUT2D eigenvalue weighted by Gasteiger charge is -2.28. The Kier molecular flexibility index (Phi) is 13.9. The van der Waals surface area contributed by atoms with E-state index >= 15 is 0 Å². The molecule has 10 nitrogen and oxygen atoms in total. The maximum atomic E-state index is 12.9. The summed E-state index contributed by atoms with van der Waals surface area (Å²) in [5.74, 6) is -1.92. The number of ether oxygens (including phenoxy) is 2. The van der Waals surface area contributed by atoms with Crippen LogP contribution in [0.2, 0.25) is 0 Å². The van der Waals surface area contributed by atoms with Crippen molar-refractivity contribution in [3.63, 3.8) is 0 Å². The van der Waals surface area contributed by atoms with Crippen molar-refractivity contribution < 1.29 is 38.2 Å². The molecule has 44 heavy (non-hydrogen) atoms. The second-order valence-corrected chi connectivity index (χ2v) is 13.3. The van der Waals surface area contributed by atoms with E-state index in [0.29, 0.717) is 19.4 Å². The summed E-state index contributed by atoms with van der Waals surface area (Å²) in [6.45, 7) is 3.57. The van der Waals surface area contributed by atoms with E-state index in [2.05, 4.69) is 5.32 Å². The van der Waals surface area contributed by atoms with E-state index in [-0.39, 0.29) is 67.3 Å². The molecule has 1 aromatic rings. The molecule has 0 spiro atoms. The van der Waals surface area contributed by atoms with Gasteiger partial charge in [-0.05, 0) is 50.8 Å². The number of likely N-dealkylation sites (tertiary alicyclic amines) is 1. The van der Waals surface area contributed by atoms with Crippen LogP contribution in [0.4, 0.5) is 0 Å². The molecule has 1 heterocycles. The van der Waals surface area contributed by atoms with Gasteiger partial charge in [-0.15, -0.1) is 11.8 Å². The smallest absolute Gasteiger partial charge is 0.319 e. The Bertz CT molecular complexity index is 1170. The highest BCUT2D eigenvalue weighted by Crippen LogP contribution is 2.31. The minimum Gasteiger partial charge on any atom is -0.469 e. The molecule has 1 N–H and O–H groups in total. The molecule has 1 saturated carbocycles. The summed E-state index contributed by atoms with van der Waals surface area (Å²) in [5.41, 5.74) is -0.575. The first kappa shape index (κ1) is 35.3. The average molecular weight is 631 g/mol. The zero-order valence-corrected chi connectivity index (χ0v) is 27.0. The Labute approximate surface area is 264 Å². The number of carbonyl (C=O) groups is 6.